The first kappa shape index (κ1) is 12.7. The number of pyridine rings is 1. The van der Waals surface area contributed by atoms with Gasteiger partial charge in [-0.15, -0.1) is 12.3 Å². The van der Waals surface area contributed by atoms with Crippen LogP contribution >= 0.6 is 15.9 Å². The molecule has 0 saturated carbocycles. The number of nitrogens with two attached hydrogens (primary N) is 1. The van der Waals surface area contributed by atoms with E-state index in [4.69, 9.17) is 12.2 Å². The van der Waals surface area contributed by atoms with E-state index in [0.29, 0.717) is 5.69 Å². The lowest BCUT2D eigenvalue weighted by molar-refractivity contribution is -0.117. The summed E-state index contributed by atoms with van der Waals surface area (Å²) in [4.78, 5) is 15.7. The molecule has 84 valence electrons. The summed E-state index contributed by atoms with van der Waals surface area (Å²) in [5.74, 6) is 2.05. The molecule has 3 N–H and O–H groups in total. The van der Waals surface area contributed by atoms with E-state index >= 15 is 0 Å². The molecule has 4 nitrogen and oxygen atoms in total. The fourth-order valence-electron chi connectivity index (χ4n) is 1.11. The average Bonchev–Trinajstić information content (AvgIpc) is 2.22. The Morgan fingerprint density at radius 3 is 3.00 bits per heavy atom. The van der Waals surface area contributed by atoms with E-state index < -0.39 is 6.04 Å². The summed E-state index contributed by atoms with van der Waals surface area (Å²) >= 11 is 3.24. The molecule has 1 amide bonds. The second-order valence-electron chi connectivity index (χ2n) is 3.27. The van der Waals surface area contributed by atoms with Gasteiger partial charge in [-0.3, -0.25) is 4.79 Å². The molecule has 16 heavy (non-hydrogen) atoms. The average molecular weight is 282 g/mol. The third kappa shape index (κ3) is 3.33. The summed E-state index contributed by atoms with van der Waals surface area (Å²) in [5, 5.41) is 2.68. The summed E-state index contributed by atoms with van der Waals surface area (Å²) in [6.45, 7) is 1.80. The molecule has 0 fully saturated rings. The minimum absolute atomic E-state index is 0.217. The van der Waals surface area contributed by atoms with Crippen LogP contribution in [-0.2, 0) is 4.79 Å². The SMILES string of the molecule is C#CCC(N)C(=O)Nc1ccc(Br)nc1C. The van der Waals surface area contributed by atoms with Crippen molar-refractivity contribution >= 4 is 27.5 Å². The summed E-state index contributed by atoms with van der Waals surface area (Å²) in [5.41, 5.74) is 6.93. The third-order valence-electron chi connectivity index (χ3n) is 1.98. The van der Waals surface area contributed by atoms with Gasteiger partial charge in [-0.25, -0.2) is 4.98 Å². The number of hydrogen-bond donors (Lipinski definition) is 2. The summed E-state index contributed by atoms with van der Waals surface area (Å²) in [6, 6.07) is 2.82. The molecule has 1 heterocycles. The predicted molar refractivity (Wildman–Crippen MR) is 66.7 cm³/mol. The van der Waals surface area contributed by atoms with Crippen LogP contribution in [0.5, 0.6) is 0 Å². The van der Waals surface area contributed by atoms with Crippen LogP contribution in [0.2, 0.25) is 0 Å². The lowest BCUT2D eigenvalue weighted by atomic mass is 10.2. The number of anilines is 1. The van der Waals surface area contributed by atoms with Crippen LogP contribution < -0.4 is 11.1 Å². The number of nitrogens with one attached hydrogen (secondary N) is 1. The van der Waals surface area contributed by atoms with Gasteiger partial charge >= 0.3 is 0 Å². The Balaban J connectivity index is 2.74. The fraction of sp³-hybridized carbons (Fsp3) is 0.273. The molecule has 0 radical (unpaired) electrons. The van der Waals surface area contributed by atoms with Gasteiger partial charge in [-0.05, 0) is 35.0 Å². The third-order valence-corrected chi connectivity index (χ3v) is 2.43. The normalized spacial score (nSPS) is 11.6. The number of nitrogens with zero attached hydrogens (tertiary/aromatic N) is 1. The lowest BCUT2D eigenvalue weighted by Gasteiger charge is -2.11. The van der Waals surface area contributed by atoms with Crippen molar-refractivity contribution in [2.45, 2.75) is 19.4 Å². The molecule has 1 atom stereocenters. The molecule has 0 bridgehead atoms. The van der Waals surface area contributed by atoms with Gasteiger partial charge in [0.2, 0.25) is 5.91 Å². The highest BCUT2D eigenvalue weighted by Crippen LogP contribution is 2.16. The highest BCUT2D eigenvalue weighted by molar-refractivity contribution is 9.10. The van der Waals surface area contributed by atoms with Crippen molar-refractivity contribution in [3.8, 4) is 12.3 Å². The maximum atomic E-state index is 11.6. The quantitative estimate of drug-likeness (QED) is 0.651. The van der Waals surface area contributed by atoms with Crippen LogP contribution in [0, 0.1) is 19.3 Å². The van der Waals surface area contributed by atoms with E-state index in [9.17, 15) is 4.79 Å². The molecule has 0 aliphatic heterocycles. The van der Waals surface area contributed by atoms with Crippen LogP contribution in [0.3, 0.4) is 0 Å². The molecule has 0 aliphatic rings. The van der Waals surface area contributed by atoms with Gasteiger partial charge in [0, 0.05) is 6.42 Å². The highest BCUT2D eigenvalue weighted by Gasteiger charge is 2.13. The van der Waals surface area contributed by atoms with Crippen molar-refractivity contribution in [3.63, 3.8) is 0 Å². The van der Waals surface area contributed by atoms with E-state index in [2.05, 4.69) is 32.2 Å². The molecule has 0 aromatic carbocycles. The molecule has 1 aromatic heterocycles. The molecule has 1 rings (SSSR count). The summed E-state index contributed by atoms with van der Waals surface area (Å²) in [6.07, 6.45) is 5.30. The number of carbonyl (C=O) groups excluding carboxylic acids is 1. The fourth-order valence-corrected chi connectivity index (χ4v) is 1.51. The number of terminal acetylenes is 1. The first-order chi connectivity index (χ1) is 7.54. The minimum Gasteiger partial charge on any atom is -0.323 e. The van der Waals surface area contributed by atoms with Crippen molar-refractivity contribution in [3.05, 3.63) is 22.4 Å². The van der Waals surface area contributed by atoms with E-state index in [1.54, 1.807) is 19.1 Å². The van der Waals surface area contributed by atoms with Crippen LogP contribution in [0.15, 0.2) is 16.7 Å². The monoisotopic (exact) mass is 281 g/mol. The zero-order valence-corrected chi connectivity index (χ0v) is 10.4. The number of aryl methyl sites for hydroxylation is 1. The Hall–Kier alpha value is -1.38. The molecule has 5 heteroatoms. The van der Waals surface area contributed by atoms with Crippen molar-refractivity contribution in [2.24, 2.45) is 5.73 Å². The Bertz CT molecular complexity index is 439. The zero-order valence-electron chi connectivity index (χ0n) is 8.83. The Morgan fingerprint density at radius 1 is 1.75 bits per heavy atom. The first-order valence-corrected chi connectivity index (χ1v) is 5.47. The first-order valence-electron chi connectivity index (χ1n) is 4.67. The van der Waals surface area contributed by atoms with Gasteiger partial charge in [0.15, 0.2) is 0 Å². The lowest BCUT2D eigenvalue weighted by Crippen LogP contribution is -2.35. The van der Waals surface area contributed by atoms with E-state index in [1.807, 2.05) is 0 Å². The molecule has 0 spiro atoms. The molecular weight excluding hydrogens is 270 g/mol. The Morgan fingerprint density at radius 2 is 2.44 bits per heavy atom. The van der Waals surface area contributed by atoms with Crippen molar-refractivity contribution < 1.29 is 4.79 Å². The van der Waals surface area contributed by atoms with Crippen LogP contribution in [0.25, 0.3) is 0 Å². The molecule has 0 saturated heterocycles. The highest BCUT2D eigenvalue weighted by atomic mass is 79.9. The maximum Gasteiger partial charge on any atom is 0.242 e. The van der Waals surface area contributed by atoms with Gasteiger partial charge in [0.1, 0.15) is 4.60 Å². The smallest absolute Gasteiger partial charge is 0.242 e. The van der Waals surface area contributed by atoms with Crippen molar-refractivity contribution in [1.29, 1.82) is 0 Å². The Kier molecular flexibility index (Phi) is 4.47. The van der Waals surface area contributed by atoms with Crippen LogP contribution in [0.1, 0.15) is 12.1 Å². The summed E-state index contributed by atoms with van der Waals surface area (Å²) in [7, 11) is 0. The second kappa shape index (κ2) is 5.64. The molecular formula is C11H12BrN3O. The van der Waals surface area contributed by atoms with E-state index in [1.165, 1.54) is 0 Å². The topological polar surface area (TPSA) is 68.0 Å². The van der Waals surface area contributed by atoms with Crippen molar-refractivity contribution in [1.82, 2.24) is 4.98 Å². The minimum atomic E-state index is -0.687. The Labute approximate surface area is 103 Å². The van der Waals surface area contributed by atoms with Gasteiger partial charge in [-0.2, -0.15) is 0 Å². The zero-order chi connectivity index (χ0) is 12.1. The molecule has 0 aliphatic carbocycles. The second-order valence-corrected chi connectivity index (χ2v) is 4.08. The van der Waals surface area contributed by atoms with Gasteiger partial charge in [0.05, 0.1) is 17.4 Å². The summed E-state index contributed by atoms with van der Waals surface area (Å²) < 4.78 is 0.718. The number of amides is 1. The number of aromatic nitrogens is 1. The standard InChI is InChI=1S/C11H12BrN3O/c1-3-4-8(13)11(16)15-9-5-6-10(12)14-7(9)2/h1,5-6,8H,4,13H2,2H3,(H,15,16). The predicted octanol–water partition coefficient (Wildman–Crippen LogP) is 1.44. The van der Waals surface area contributed by atoms with Crippen LogP contribution in [0.4, 0.5) is 5.69 Å². The van der Waals surface area contributed by atoms with Crippen molar-refractivity contribution in [2.75, 3.05) is 5.32 Å². The molecule has 1 aromatic rings. The van der Waals surface area contributed by atoms with Crippen LogP contribution in [-0.4, -0.2) is 16.9 Å². The van der Waals surface area contributed by atoms with E-state index in [-0.39, 0.29) is 12.3 Å². The maximum absolute atomic E-state index is 11.6. The van der Waals surface area contributed by atoms with Gasteiger partial charge in [-0.1, -0.05) is 0 Å². The number of rotatable bonds is 3. The van der Waals surface area contributed by atoms with Gasteiger partial charge in [0.25, 0.3) is 0 Å². The number of carbonyl (C=O) groups is 1. The largest absolute Gasteiger partial charge is 0.323 e. The van der Waals surface area contributed by atoms with E-state index in [0.717, 1.165) is 10.3 Å². The number of halogens is 1. The molecule has 1 unspecified atom stereocenters. The van der Waals surface area contributed by atoms with Gasteiger partial charge < -0.3 is 11.1 Å². The number of hydrogen-bond acceptors (Lipinski definition) is 3.